The van der Waals surface area contributed by atoms with Crippen LogP contribution in [0.4, 0.5) is 0 Å². The standard InChI is InChI=1S/C20H27N3O5S/c1-14(2)19-18(15(3)22-28-19)20(24)21-12-16-6-4-5-7-17(16)13-29(25,26)23-8-10-27-11-9-23/h4-7,14H,8-13H2,1-3H3,(H,21,24). The fraction of sp³-hybridized carbons (Fsp3) is 0.500. The molecule has 3 rings (SSSR count). The van der Waals surface area contributed by atoms with Gasteiger partial charge in [0.05, 0.1) is 24.7 Å². The number of carbonyl (C=O) groups is 1. The van der Waals surface area contributed by atoms with Crippen LogP contribution in [0.15, 0.2) is 28.8 Å². The number of amides is 1. The van der Waals surface area contributed by atoms with Gasteiger partial charge in [0.1, 0.15) is 5.56 Å². The van der Waals surface area contributed by atoms with Crippen LogP contribution in [0.3, 0.4) is 0 Å². The summed E-state index contributed by atoms with van der Waals surface area (Å²) in [5.74, 6) is 0.187. The van der Waals surface area contributed by atoms with Crippen molar-refractivity contribution in [3.63, 3.8) is 0 Å². The van der Waals surface area contributed by atoms with Gasteiger partial charge in [0, 0.05) is 25.6 Å². The largest absolute Gasteiger partial charge is 0.379 e. The molecule has 0 aliphatic carbocycles. The van der Waals surface area contributed by atoms with E-state index >= 15 is 0 Å². The highest BCUT2D eigenvalue weighted by atomic mass is 32.2. The monoisotopic (exact) mass is 421 g/mol. The second-order valence-corrected chi connectivity index (χ2v) is 9.35. The zero-order chi connectivity index (χ0) is 21.0. The second-order valence-electron chi connectivity index (χ2n) is 7.38. The SMILES string of the molecule is Cc1noc(C(C)C)c1C(=O)NCc1ccccc1CS(=O)(=O)N1CCOCC1. The van der Waals surface area contributed by atoms with Gasteiger partial charge >= 0.3 is 0 Å². The lowest BCUT2D eigenvalue weighted by Crippen LogP contribution is -2.41. The van der Waals surface area contributed by atoms with Crippen LogP contribution in [0.2, 0.25) is 0 Å². The maximum absolute atomic E-state index is 12.8. The van der Waals surface area contributed by atoms with Crippen molar-refractivity contribution in [1.82, 2.24) is 14.8 Å². The van der Waals surface area contributed by atoms with Crippen LogP contribution in [0.25, 0.3) is 0 Å². The molecular formula is C20H27N3O5S. The molecule has 9 heteroatoms. The first-order valence-electron chi connectivity index (χ1n) is 9.66. The molecule has 1 saturated heterocycles. The molecule has 0 spiro atoms. The second kappa shape index (κ2) is 9.06. The van der Waals surface area contributed by atoms with Crippen LogP contribution in [-0.4, -0.2) is 50.1 Å². The van der Waals surface area contributed by atoms with E-state index in [4.69, 9.17) is 9.26 Å². The minimum atomic E-state index is -3.45. The first-order chi connectivity index (χ1) is 13.8. The van der Waals surface area contributed by atoms with Gasteiger partial charge in [-0.1, -0.05) is 43.3 Å². The van der Waals surface area contributed by atoms with Crippen molar-refractivity contribution in [2.24, 2.45) is 0 Å². The molecule has 1 aliphatic heterocycles. The molecule has 1 fully saturated rings. The third kappa shape index (κ3) is 5.04. The van der Waals surface area contributed by atoms with E-state index in [-0.39, 0.29) is 24.1 Å². The van der Waals surface area contributed by atoms with Crippen molar-refractivity contribution in [2.75, 3.05) is 26.3 Å². The van der Waals surface area contributed by atoms with Crippen molar-refractivity contribution in [3.05, 3.63) is 52.4 Å². The Hall–Kier alpha value is -2.23. The minimum Gasteiger partial charge on any atom is -0.379 e. The Kier molecular flexibility index (Phi) is 6.71. The molecule has 0 saturated carbocycles. The summed E-state index contributed by atoms with van der Waals surface area (Å²) in [7, 11) is -3.45. The molecular weight excluding hydrogens is 394 g/mol. The molecule has 0 bridgehead atoms. The molecule has 8 nitrogen and oxygen atoms in total. The summed E-state index contributed by atoms with van der Waals surface area (Å²) in [5, 5.41) is 6.78. The van der Waals surface area contributed by atoms with Crippen LogP contribution in [0, 0.1) is 6.92 Å². The molecule has 0 radical (unpaired) electrons. The van der Waals surface area contributed by atoms with Gasteiger partial charge in [0.15, 0.2) is 5.76 Å². The molecule has 1 aliphatic rings. The highest BCUT2D eigenvalue weighted by molar-refractivity contribution is 7.88. The number of nitrogens with one attached hydrogen (secondary N) is 1. The third-order valence-electron chi connectivity index (χ3n) is 4.90. The summed E-state index contributed by atoms with van der Waals surface area (Å²) >= 11 is 0. The van der Waals surface area contributed by atoms with E-state index in [0.29, 0.717) is 48.9 Å². The van der Waals surface area contributed by atoms with Gasteiger partial charge in [-0.2, -0.15) is 4.31 Å². The number of benzene rings is 1. The number of morpholine rings is 1. The van der Waals surface area contributed by atoms with Crippen molar-refractivity contribution in [3.8, 4) is 0 Å². The van der Waals surface area contributed by atoms with Gasteiger partial charge in [0.2, 0.25) is 10.0 Å². The maximum Gasteiger partial charge on any atom is 0.257 e. The van der Waals surface area contributed by atoms with E-state index < -0.39 is 10.0 Å². The number of aryl methyl sites for hydroxylation is 1. The minimum absolute atomic E-state index is 0.0305. The number of nitrogens with zero attached hydrogens (tertiary/aromatic N) is 2. The van der Waals surface area contributed by atoms with Gasteiger partial charge in [-0.05, 0) is 18.1 Å². The Labute approximate surface area is 171 Å². The Morgan fingerprint density at radius 1 is 1.21 bits per heavy atom. The Morgan fingerprint density at radius 2 is 1.86 bits per heavy atom. The van der Waals surface area contributed by atoms with E-state index in [1.165, 1.54) is 4.31 Å². The Bertz CT molecular complexity index is 962. The van der Waals surface area contributed by atoms with Crippen LogP contribution in [0.1, 0.15) is 52.7 Å². The van der Waals surface area contributed by atoms with Gasteiger partial charge in [-0.3, -0.25) is 4.79 Å². The van der Waals surface area contributed by atoms with Gasteiger partial charge in [0.25, 0.3) is 5.91 Å². The average molecular weight is 422 g/mol. The Balaban J connectivity index is 1.73. The Morgan fingerprint density at radius 3 is 2.52 bits per heavy atom. The summed E-state index contributed by atoms with van der Waals surface area (Å²) in [6.45, 7) is 7.37. The summed E-state index contributed by atoms with van der Waals surface area (Å²) in [6, 6.07) is 7.24. The molecule has 0 atom stereocenters. The predicted molar refractivity (Wildman–Crippen MR) is 108 cm³/mol. The first kappa shape index (κ1) is 21.5. The van der Waals surface area contributed by atoms with Crippen LogP contribution in [-0.2, 0) is 27.1 Å². The van der Waals surface area contributed by atoms with Crippen molar-refractivity contribution >= 4 is 15.9 Å². The molecule has 1 aromatic carbocycles. The smallest absolute Gasteiger partial charge is 0.257 e. The maximum atomic E-state index is 12.8. The number of hydrogen-bond donors (Lipinski definition) is 1. The molecule has 2 aromatic rings. The summed E-state index contributed by atoms with van der Waals surface area (Å²) in [6.07, 6.45) is 0. The summed E-state index contributed by atoms with van der Waals surface area (Å²) in [5.41, 5.74) is 2.41. The fourth-order valence-corrected chi connectivity index (χ4v) is 4.87. The van der Waals surface area contributed by atoms with Crippen molar-refractivity contribution in [2.45, 2.75) is 39.0 Å². The zero-order valence-electron chi connectivity index (χ0n) is 17.0. The summed E-state index contributed by atoms with van der Waals surface area (Å²) in [4.78, 5) is 12.7. The average Bonchev–Trinajstić information content (AvgIpc) is 3.09. The molecule has 1 aromatic heterocycles. The quantitative estimate of drug-likeness (QED) is 0.735. The van der Waals surface area contributed by atoms with Crippen LogP contribution >= 0.6 is 0 Å². The lowest BCUT2D eigenvalue weighted by atomic mass is 10.0. The molecule has 1 N–H and O–H groups in total. The van der Waals surface area contributed by atoms with Crippen LogP contribution < -0.4 is 5.32 Å². The van der Waals surface area contributed by atoms with Gasteiger partial charge < -0.3 is 14.6 Å². The van der Waals surface area contributed by atoms with E-state index in [2.05, 4.69) is 10.5 Å². The normalized spacial score (nSPS) is 15.6. The van der Waals surface area contributed by atoms with E-state index in [0.717, 1.165) is 5.56 Å². The lowest BCUT2D eigenvalue weighted by molar-refractivity contribution is 0.0729. The van der Waals surface area contributed by atoms with E-state index in [1.54, 1.807) is 19.1 Å². The molecule has 2 heterocycles. The topological polar surface area (TPSA) is 102 Å². The number of hydrogen-bond acceptors (Lipinski definition) is 6. The number of rotatable bonds is 7. The van der Waals surface area contributed by atoms with E-state index in [9.17, 15) is 13.2 Å². The molecule has 1 amide bonds. The van der Waals surface area contributed by atoms with Gasteiger partial charge in [-0.25, -0.2) is 8.42 Å². The summed E-state index contributed by atoms with van der Waals surface area (Å²) < 4.78 is 37.5. The van der Waals surface area contributed by atoms with E-state index in [1.807, 2.05) is 26.0 Å². The van der Waals surface area contributed by atoms with Crippen LogP contribution in [0.5, 0.6) is 0 Å². The van der Waals surface area contributed by atoms with Crippen molar-refractivity contribution < 1.29 is 22.5 Å². The zero-order valence-corrected chi connectivity index (χ0v) is 17.8. The number of ether oxygens (including phenoxy) is 1. The lowest BCUT2D eigenvalue weighted by Gasteiger charge is -2.26. The van der Waals surface area contributed by atoms with Crippen molar-refractivity contribution in [1.29, 1.82) is 0 Å². The number of sulfonamides is 1. The predicted octanol–water partition coefficient (Wildman–Crippen LogP) is 2.20. The molecule has 29 heavy (non-hydrogen) atoms. The molecule has 0 unspecified atom stereocenters. The number of carbonyl (C=O) groups excluding carboxylic acids is 1. The van der Waals surface area contributed by atoms with Gasteiger partial charge in [-0.15, -0.1) is 0 Å². The third-order valence-corrected chi connectivity index (χ3v) is 6.73. The fourth-order valence-electron chi connectivity index (χ4n) is 3.30. The molecule has 158 valence electrons. The highest BCUT2D eigenvalue weighted by Gasteiger charge is 2.26. The first-order valence-corrected chi connectivity index (χ1v) is 11.3. The highest BCUT2D eigenvalue weighted by Crippen LogP contribution is 2.22. The number of aromatic nitrogens is 1.